The molecule has 0 atom stereocenters. The fourth-order valence-electron chi connectivity index (χ4n) is 3.06. The van der Waals surface area contributed by atoms with Crippen molar-refractivity contribution in [1.29, 1.82) is 0 Å². The van der Waals surface area contributed by atoms with E-state index >= 15 is 15.5 Å². The van der Waals surface area contributed by atoms with Gasteiger partial charge in [0.2, 0.25) is 9.84 Å². The molecule has 0 aliphatic heterocycles. The van der Waals surface area contributed by atoms with Gasteiger partial charge in [-0.25, -0.2) is 9.67 Å². The van der Waals surface area contributed by atoms with Crippen molar-refractivity contribution in [2.75, 3.05) is 0 Å². The van der Waals surface area contributed by atoms with E-state index in [0.29, 0.717) is 20.8 Å². The molecule has 0 radical (unpaired) electrons. The predicted octanol–water partition coefficient (Wildman–Crippen LogP) is 7.75. The summed E-state index contributed by atoms with van der Waals surface area (Å²) in [7, 11) is -9.13. The molecule has 2 heterocycles. The van der Waals surface area contributed by atoms with Gasteiger partial charge in [0.25, 0.3) is 0 Å². The summed E-state index contributed by atoms with van der Waals surface area (Å²) >= 11 is 6.32. The van der Waals surface area contributed by atoms with Crippen LogP contribution in [-0.2, 0) is 6.54 Å². The molecule has 31 heavy (non-hydrogen) atoms. The normalized spacial score (nSPS) is 14.1. The Morgan fingerprint density at radius 3 is 2.06 bits per heavy atom. The molecule has 0 unspecified atom stereocenters. The van der Waals surface area contributed by atoms with Crippen molar-refractivity contribution in [2.24, 2.45) is 0 Å². The molecule has 0 amide bonds. The van der Waals surface area contributed by atoms with Crippen molar-refractivity contribution < 1.29 is 15.5 Å². The maximum absolute atomic E-state index is 15.8. The molecule has 0 aliphatic carbocycles. The van der Waals surface area contributed by atoms with Gasteiger partial charge in [-0.3, -0.25) is 0 Å². The molecule has 0 saturated carbocycles. The van der Waals surface area contributed by atoms with Gasteiger partial charge in [0.1, 0.15) is 5.69 Å². The summed E-state index contributed by atoms with van der Waals surface area (Å²) in [6, 6.07) is 16.0. The highest BCUT2D eigenvalue weighted by Gasteiger charge is 2.71. The summed E-state index contributed by atoms with van der Waals surface area (Å²) in [6.07, 6.45) is 0.915. The quantitative estimate of drug-likeness (QED) is 0.228. The lowest BCUT2D eigenvalue weighted by atomic mass is 10.2. The fourth-order valence-corrected chi connectivity index (χ4v) is 5.43. The van der Waals surface area contributed by atoms with Crippen LogP contribution in [0.25, 0.3) is 11.3 Å². The largest absolute Gasteiger partial charge is 0.242 e. The second kappa shape index (κ2) is 7.14. The first-order valence-corrected chi connectivity index (χ1v) is 12.5. The summed E-state index contributed by atoms with van der Waals surface area (Å²) in [5.74, 6) is 0. The van der Waals surface area contributed by atoms with Crippen LogP contribution in [0.5, 0.6) is 0 Å². The average Bonchev–Trinajstić information content (AvgIpc) is 3.16. The van der Waals surface area contributed by atoms with Crippen LogP contribution in [0.3, 0.4) is 0 Å². The van der Waals surface area contributed by atoms with Crippen LogP contribution < -0.4 is 0 Å². The first-order chi connectivity index (χ1) is 14.5. The van der Waals surface area contributed by atoms with E-state index in [4.69, 9.17) is 0 Å². The van der Waals surface area contributed by atoms with Gasteiger partial charge < -0.3 is 0 Å². The summed E-state index contributed by atoms with van der Waals surface area (Å²) in [5, 5.41) is 4.28. The molecule has 2 aromatic heterocycles. The van der Waals surface area contributed by atoms with Crippen LogP contribution >= 0.6 is 41.7 Å². The van der Waals surface area contributed by atoms with E-state index in [9.17, 15) is 0 Å². The highest BCUT2D eigenvalue weighted by atomic mass is 79.9. The second-order valence-corrected chi connectivity index (χ2v) is 11.6. The molecule has 0 N–H and O–H groups in total. The van der Waals surface area contributed by atoms with Crippen LogP contribution in [0.15, 0.2) is 91.9 Å². The molecule has 4 aromatic rings. The number of hydrogen-bond donors (Lipinski definition) is 0. The topological polar surface area (TPSA) is 43.6 Å². The number of rotatable bonds is 5. The van der Waals surface area contributed by atoms with Gasteiger partial charge in [-0.15, -0.1) is 20.6 Å². The highest BCUT2D eigenvalue weighted by Crippen LogP contribution is 3.04. The second-order valence-electron chi connectivity index (χ2n) is 6.78. The molecule has 162 valence electrons. The molecule has 11 heteroatoms. The minimum atomic E-state index is -9.13. The number of halogens is 6. The zero-order valence-electron chi connectivity index (χ0n) is 15.6. The maximum atomic E-state index is 15.8. The molecule has 2 aromatic carbocycles. The summed E-state index contributed by atoms with van der Waals surface area (Å²) in [6.45, 7) is -0.319. The predicted molar refractivity (Wildman–Crippen MR) is 119 cm³/mol. The van der Waals surface area contributed by atoms with Gasteiger partial charge in [0.05, 0.1) is 6.54 Å². The molecule has 4 nitrogen and oxygen atoms in total. The molecular weight excluding hydrogens is 564 g/mol. The number of aromatic nitrogens is 4. The van der Waals surface area contributed by atoms with Crippen molar-refractivity contribution in [3.05, 3.63) is 87.4 Å². The summed E-state index contributed by atoms with van der Waals surface area (Å²) < 4.78 is 64.8. The molecule has 0 bridgehead atoms. The van der Waals surface area contributed by atoms with Crippen molar-refractivity contribution in [1.82, 2.24) is 20.0 Å². The molecule has 0 spiro atoms. The van der Waals surface area contributed by atoms with E-state index in [-0.39, 0.29) is 12.1 Å². The Balaban J connectivity index is 1.98. The van der Waals surface area contributed by atoms with Crippen molar-refractivity contribution in [3.8, 4) is 11.3 Å². The number of nitrogens with zero attached hydrogens (tertiary/aromatic N) is 4. The Hall–Kier alpha value is -2.24. The molecule has 0 saturated heterocycles. The molecular formula is C20H14Br2F4N4S. The van der Waals surface area contributed by atoms with Gasteiger partial charge in [0.15, 0.2) is 10.1 Å². The van der Waals surface area contributed by atoms with E-state index in [2.05, 4.69) is 47.2 Å². The number of hydrogen-bond acceptors (Lipinski definition) is 3. The van der Waals surface area contributed by atoms with E-state index < -0.39 is 25.6 Å². The van der Waals surface area contributed by atoms with Crippen molar-refractivity contribution >= 4 is 41.7 Å². The third-order valence-electron chi connectivity index (χ3n) is 4.49. The average molecular weight is 578 g/mol. The Kier molecular flexibility index (Phi) is 5.06. The van der Waals surface area contributed by atoms with Gasteiger partial charge in [-0.1, -0.05) is 63.6 Å². The van der Waals surface area contributed by atoms with Crippen LogP contribution in [0.2, 0.25) is 0 Å². The van der Waals surface area contributed by atoms with Gasteiger partial charge in [-0.2, -0.15) is 0 Å². The van der Waals surface area contributed by atoms with Gasteiger partial charge >= 0.3 is 0 Å². The van der Waals surface area contributed by atoms with E-state index in [0.717, 1.165) is 16.7 Å². The SMILES string of the molecule is FS(F)(F)(F)(c1ccc(Br)cn1)c1c(-c2ccccc2)nnn1Cc1ccc(Br)cc1. The number of benzene rings is 2. The zero-order chi connectivity index (χ0) is 22.3. The lowest BCUT2D eigenvalue weighted by molar-refractivity contribution is 0.413. The van der Waals surface area contributed by atoms with E-state index in [1.54, 1.807) is 42.5 Å². The number of pyridine rings is 1. The fraction of sp³-hybridized carbons (Fsp3) is 0.0500. The smallest absolute Gasteiger partial charge is 0.240 e. The Bertz CT molecular complexity index is 1240. The van der Waals surface area contributed by atoms with E-state index in [1.807, 2.05) is 0 Å². The van der Waals surface area contributed by atoms with Crippen LogP contribution in [0.1, 0.15) is 5.56 Å². The third kappa shape index (κ3) is 4.13. The van der Waals surface area contributed by atoms with Crippen LogP contribution in [0.4, 0.5) is 15.5 Å². The summed E-state index contributed by atoms with van der Waals surface area (Å²) in [5.41, 5.74) is 0.0255. The van der Waals surface area contributed by atoms with Gasteiger partial charge in [0, 0.05) is 20.7 Å². The van der Waals surface area contributed by atoms with Gasteiger partial charge in [-0.05, 0) is 45.8 Å². The lowest BCUT2D eigenvalue weighted by Crippen LogP contribution is -2.22. The van der Waals surface area contributed by atoms with Crippen LogP contribution in [0, 0.1) is 0 Å². The minimum absolute atomic E-state index is 0.104. The minimum Gasteiger partial charge on any atom is -0.242 e. The van der Waals surface area contributed by atoms with Crippen molar-refractivity contribution in [3.63, 3.8) is 0 Å². The third-order valence-corrected chi connectivity index (χ3v) is 7.76. The monoisotopic (exact) mass is 576 g/mol. The highest BCUT2D eigenvalue weighted by molar-refractivity contribution is 9.10. The standard InChI is InChI=1S/C20H14Br2F4N4S/c21-16-8-6-14(7-9-16)13-30-20(19(28-29-30)15-4-2-1-3-5-15)31(23,24,25,26)18-11-10-17(22)12-27-18/h1-12H,13H2. The first-order valence-electron chi connectivity index (χ1n) is 8.83. The summed E-state index contributed by atoms with van der Waals surface area (Å²) in [4.78, 5) is 3.37. The lowest BCUT2D eigenvalue weighted by Gasteiger charge is -2.48. The Morgan fingerprint density at radius 1 is 0.806 bits per heavy atom. The molecule has 0 aliphatic rings. The zero-order valence-corrected chi connectivity index (χ0v) is 19.6. The molecule has 4 rings (SSSR count). The first kappa shape index (κ1) is 22.0. The maximum Gasteiger partial charge on any atom is 0.240 e. The van der Waals surface area contributed by atoms with Crippen molar-refractivity contribution in [2.45, 2.75) is 16.6 Å². The van der Waals surface area contributed by atoms with Crippen LogP contribution in [-0.4, -0.2) is 20.0 Å². The molecule has 0 fully saturated rings. The Morgan fingerprint density at radius 2 is 1.45 bits per heavy atom. The Labute approximate surface area is 192 Å². The van der Waals surface area contributed by atoms with E-state index in [1.165, 1.54) is 12.1 Å².